The lowest BCUT2D eigenvalue weighted by Gasteiger charge is -2.30. The van der Waals surface area contributed by atoms with E-state index in [9.17, 15) is 0 Å². The van der Waals surface area contributed by atoms with E-state index >= 15 is 0 Å². The Balaban J connectivity index is 1.72. The Hall–Kier alpha value is -2.14. The van der Waals surface area contributed by atoms with Crippen LogP contribution >= 0.6 is 0 Å². The van der Waals surface area contributed by atoms with Gasteiger partial charge in [-0.2, -0.15) is 0 Å². The van der Waals surface area contributed by atoms with Crippen LogP contribution in [-0.4, -0.2) is 36.1 Å². The number of nitrogens with one attached hydrogen (secondary N) is 2. The van der Waals surface area contributed by atoms with Crippen molar-refractivity contribution in [2.75, 3.05) is 36.4 Å². The van der Waals surface area contributed by atoms with E-state index in [1.807, 2.05) is 36.7 Å². The maximum absolute atomic E-state index is 4.47. The Morgan fingerprint density at radius 2 is 1.90 bits per heavy atom. The fourth-order valence-electron chi connectivity index (χ4n) is 2.37. The van der Waals surface area contributed by atoms with Crippen molar-refractivity contribution in [1.82, 2.24) is 15.3 Å². The summed E-state index contributed by atoms with van der Waals surface area (Å²) in [5, 5.41) is 6.76. The van der Waals surface area contributed by atoms with Crippen molar-refractivity contribution in [2.45, 2.75) is 6.54 Å². The zero-order valence-electron chi connectivity index (χ0n) is 11.4. The largest absolute Gasteiger partial charge is 0.366 e. The normalized spacial score (nSPS) is 15.1. The first-order valence-corrected chi connectivity index (χ1v) is 6.98. The highest BCUT2D eigenvalue weighted by molar-refractivity contribution is 5.65. The number of hydrogen-bond acceptors (Lipinski definition) is 5. The zero-order chi connectivity index (χ0) is 13.6. The number of nitrogens with zero attached hydrogens (tertiary/aromatic N) is 3. The molecule has 1 aliphatic rings. The third-order valence-electron chi connectivity index (χ3n) is 3.41. The van der Waals surface area contributed by atoms with Crippen molar-refractivity contribution in [3.05, 3.63) is 48.4 Å². The Morgan fingerprint density at radius 3 is 2.70 bits per heavy atom. The van der Waals surface area contributed by atoms with Gasteiger partial charge in [-0.05, 0) is 24.3 Å². The Morgan fingerprint density at radius 1 is 1.05 bits per heavy atom. The second-order valence-electron chi connectivity index (χ2n) is 4.78. The molecule has 0 bridgehead atoms. The van der Waals surface area contributed by atoms with E-state index in [2.05, 4.69) is 31.6 Å². The highest BCUT2D eigenvalue weighted by Crippen LogP contribution is 2.23. The van der Waals surface area contributed by atoms with Gasteiger partial charge in [-0.3, -0.25) is 4.98 Å². The van der Waals surface area contributed by atoms with E-state index in [0.29, 0.717) is 6.54 Å². The average Bonchev–Trinajstić information content (AvgIpc) is 2.55. The summed E-state index contributed by atoms with van der Waals surface area (Å²) in [5.41, 5.74) is 2.19. The van der Waals surface area contributed by atoms with Crippen molar-refractivity contribution in [1.29, 1.82) is 0 Å². The van der Waals surface area contributed by atoms with Gasteiger partial charge in [-0.15, -0.1) is 0 Å². The van der Waals surface area contributed by atoms with Gasteiger partial charge in [-0.1, -0.05) is 6.07 Å². The molecule has 0 atom stereocenters. The molecule has 2 aromatic rings. The first kappa shape index (κ1) is 12.9. The minimum Gasteiger partial charge on any atom is -0.366 e. The van der Waals surface area contributed by atoms with Crippen molar-refractivity contribution >= 4 is 11.5 Å². The molecule has 3 rings (SSSR count). The monoisotopic (exact) mass is 269 g/mol. The van der Waals surface area contributed by atoms with Crippen LogP contribution in [0.1, 0.15) is 5.69 Å². The van der Waals surface area contributed by atoms with Gasteiger partial charge in [0, 0.05) is 38.6 Å². The third-order valence-corrected chi connectivity index (χ3v) is 3.41. The summed E-state index contributed by atoms with van der Waals surface area (Å²) in [5.74, 6) is 0.931. The lowest BCUT2D eigenvalue weighted by atomic mass is 10.2. The molecule has 1 fully saturated rings. The van der Waals surface area contributed by atoms with Crippen LogP contribution in [0.5, 0.6) is 0 Å². The molecule has 0 spiro atoms. The summed E-state index contributed by atoms with van der Waals surface area (Å²) in [6.07, 6.45) is 3.64. The predicted octanol–water partition coefficient (Wildman–Crippen LogP) is 1.50. The van der Waals surface area contributed by atoms with Crippen LogP contribution in [0.15, 0.2) is 42.7 Å². The van der Waals surface area contributed by atoms with Crippen LogP contribution < -0.4 is 15.5 Å². The molecule has 0 unspecified atom stereocenters. The van der Waals surface area contributed by atoms with Crippen molar-refractivity contribution < 1.29 is 0 Å². The lowest BCUT2D eigenvalue weighted by Crippen LogP contribution is -2.43. The first-order valence-electron chi connectivity index (χ1n) is 6.98. The van der Waals surface area contributed by atoms with Crippen molar-refractivity contribution in [3.63, 3.8) is 0 Å². The summed E-state index contributed by atoms with van der Waals surface area (Å²) < 4.78 is 0. The summed E-state index contributed by atoms with van der Waals surface area (Å²) in [4.78, 5) is 11.2. The second kappa shape index (κ2) is 6.34. The smallest absolute Gasteiger partial charge is 0.149 e. The molecule has 3 heterocycles. The quantitative estimate of drug-likeness (QED) is 0.881. The zero-order valence-corrected chi connectivity index (χ0v) is 11.4. The standard InChI is InChI=1S/C15H19N5/c1-2-6-17-13(4-1)12-19-15-14(5-3-7-18-15)20-10-8-16-9-11-20/h1-7,16H,8-12H2,(H,18,19). The number of aromatic nitrogens is 2. The molecule has 0 radical (unpaired) electrons. The Labute approximate surface area is 119 Å². The molecule has 0 aromatic carbocycles. The molecule has 5 heteroatoms. The topological polar surface area (TPSA) is 53.1 Å². The molecule has 5 nitrogen and oxygen atoms in total. The summed E-state index contributed by atoms with van der Waals surface area (Å²) in [7, 11) is 0. The number of piperazine rings is 1. The Bertz CT molecular complexity index is 537. The van der Waals surface area contributed by atoms with E-state index in [1.165, 1.54) is 5.69 Å². The maximum Gasteiger partial charge on any atom is 0.149 e. The molecule has 2 N–H and O–H groups in total. The molecule has 1 aliphatic heterocycles. The molecular weight excluding hydrogens is 250 g/mol. The molecule has 0 aliphatic carbocycles. The highest BCUT2D eigenvalue weighted by Gasteiger charge is 2.14. The van der Waals surface area contributed by atoms with Gasteiger partial charge in [0.05, 0.1) is 17.9 Å². The van der Waals surface area contributed by atoms with Crippen molar-refractivity contribution in [3.8, 4) is 0 Å². The second-order valence-corrected chi connectivity index (χ2v) is 4.78. The van der Waals surface area contributed by atoms with Gasteiger partial charge >= 0.3 is 0 Å². The van der Waals surface area contributed by atoms with Crippen LogP contribution in [0, 0.1) is 0 Å². The van der Waals surface area contributed by atoms with Gasteiger partial charge in [0.25, 0.3) is 0 Å². The summed E-state index contributed by atoms with van der Waals surface area (Å²) in [6, 6.07) is 10.1. The SMILES string of the molecule is c1ccc(CNc2ncccc2N2CCNCC2)nc1. The van der Waals surface area contributed by atoms with Crippen LogP contribution in [0.3, 0.4) is 0 Å². The van der Waals surface area contributed by atoms with Gasteiger partial charge in [0.2, 0.25) is 0 Å². The van der Waals surface area contributed by atoms with E-state index in [1.54, 1.807) is 0 Å². The average molecular weight is 269 g/mol. The predicted molar refractivity (Wildman–Crippen MR) is 80.9 cm³/mol. The van der Waals surface area contributed by atoms with Crippen LogP contribution in [-0.2, 0) is 6.54 Å². The number of pyridine rings is 2. The molecule has 0 saturated carbocycles. The molecule has 1 saturated heterocycles. The highest BCUT2D eigenvalue weighted by atomic mass is 15.2. The third kappa shape index (κ3) is 3.05. The van der Waals surface area contributed by atoms with E-state index in [0.717, 1.165) is 37.7 Å². The molecule has 2 aromatic heterocycles. The van der Waals surface area contributed by atoms with Crippen LogP contribution in [0.4, 0.5) is 11.5 Å². The van der Waals surface area contributed by atoms with Crippen molar-refractivity contribution in [2.24, 2.45) is 0 Å². The molecular formula is C15H19N5. The molecule has 0 amide bonds. The van der Waals surface area contributed by atoms with Gasteiger partial charge in [0.1, 0.15) is 5.82 Å². The summed E-state index contributed by atoms with van der Waals surface area (Å²) >= 11 is 0. The number of rotatable bonds is 4. The number of hydrogen-bond donors (Lipinski definition) is 2. The van der Waals surface area contributed by atoms with Gasteiger partial charge in [-0.25, -0.2) is 4.98 Å². The van der Waals surface area contributed by atoms with Crippen LogP contribution in [0.25, 0.3) is 0 Å². The first-order chi connectivity index (χ1) is 9.93. The molecule has 104 valence electrons. The number of anilines is 2. The van der Waals surface area contributed by atoms with E-state index in [-0.39, 0.29) is 0 Å². The Kier molecular flexibility index (Phi) is 4.08. The fourth-order valence-corrected chi connectivity index (χ4v) is 2.37. The minimum atomic E-state index is 0.691. The van der Waals surface area contributed by atoms with E-state index < -0.39 is 0 Å². The minimum absolute atomic E-state index is 0.691. The summed E-state index contributed by atoms with van der Waals surface area (Å²) in [6.45, 7) is 4.77. The lowest BCUT2D eigenvalue weighted by molar-refractivity contribution is 0.589. The molecule has 20 heavy (non-hydrogen) atoms. The van der Waals surface area contributed by atoms with Gasteiger partial charge in [0.15, 0.2) is 0 Å². The van der Waals surface area contributed by atoms with E-state index in [4.69, 9.17) is 0 Å². The van der Waals surface area contributed by atoms with Gasteiger partial charge < -0.3 is 15.5 Å². The maximum atomic E-state index is 4.47. The van der Waals surface area contributed by atoms with Crippen LogP contribution in [0.2, 0.25) is 0 Å². The fraction of sp³-hybridized carbons (Fsp3) is 0.333.